The molecule has 0 saturated carbocycles. The van der Waals surface area contributed by atoms with E-state index in [0.29, 0.717) is 5.46 Å². The van der Waals surface area contributed by atoms with Crippen LogP contribution in [0.5, 0.6) is 0 Å². The van der Waals surface area contributed by atoms with Gasteiger partial charge < -0.3 is 0 Å². The molecule has 12 heavy (non-hydrogen) atoms. The highest BCUT2D eigenvalue weighted by atomic mass is 79.9. The molecule has 1 aromatic carbocycles. The molecule has 0 aromatic heterocycles. The van der Waals surface area contributed by atoms with Gasteiger partial charge in [-0.1, -0.05) is 28.1 Å². The highest BCUT2D eigenvalue weighted by molar-refractivity contribution is 9.10. The van der Waals surface area contributed by atoms with Crippen LogP contribution >= 0.6 is 15.9 Å². The standard InChI is InChI=1S/C6H6BBrO4/c8-6-3-1-5(2-4-6)7(11-9)12-10/h1-4,9-10H. The maximum absolute atomic E-state index is 8.25. The first-order chi connectivity index (χ1) is 5.77. The third kappa shape index (κ3) is 2.29. The Bertz CT molecular complexity index is 236. The average Bonchev–Trinajstić information content (AvgIpc) is 2.10. The summed E-state index contributed by atoms with van der Waals surface area (Å²) in [7, 11) is -1.15. The normalized spacial score (nSPS) is 9.92. The zero-order chi connectivity index (χ0) is 8.97. The molecule has 0 aliphatic heterocycles. The molecule has 0 heterocycles. The molecular weight excluding hydrogens is 227 g/mol. The first-order valence-electron chi connectivity index (χ1n) is 3.14. The molecule has 64 valence electrons. The minimum absolute atomic E-state index is 0.517. The topological polar surface area (TPSA) is 58.9 Å². The van der Waals surface area contributed by atoms with E-state index in [-0.39, 0.29) is 0 Å². The van der Waals surface area contributed by atoms with Crippen molar-refractivity contribution in [1.82, 2.24) is 0 Å². The summed E-state index contributed by atoms with van der Waals surface area (Å²) < 4.78 is 0.890. The summed E-state index contributed by atoms with van der Waals surface area (Å²) in [5, 5.41) is 16.5. The Balaban J connectivity index is 2.80. The van der Waals surface area contributed by atoms with Crippen molar-refractivity contribution in [2.45, 2.75) is 0 Å². The van der Waals surface area contributed by atoms with Gasteiger partial charge in [0.2, 0.25) is 0 Å². The molecule has 0 fully saturated rings. The van der Waals surface area contributed by atoms with Crippen LogP contribution in [0, 0.1) is 0 Å². The van der Waals surface area contributed by atoms with Crippen molar-refractivity contribution in [3.63, 3.8) is 0 Å². The van der Waals surface area contributed by atoms with Gasteiger partial charge in [0.1, 0.15) is 0 Å². The molecule has 0 bridgehead atoms. The number of benzene rings is 1. The summed E-state index contributed by atoms with van der Waals surface area (Å²) in [6.45, 7) is 0. The molecule has 0 saturated heterocycles. The van der Waals surface area contributed by atoms with Gasteiger partial charge in [0.15, 0.2) is 0 Å². The molecule has 1 aromatic rings. The van der Waals surface area contributed by atoms with Gasteiger partial charge in [-0.3, -0.25) is 20.1 Å². The van der Waals surface area contributed by atoms with Crippen molar-refractivity contribution in [1.29, 1.82) is 0 Å². The third-order valence-corrected chi connectivity index (χ3v) is 1.86. The molecule has 0 radical (unpaired) electrons. The van der Waals surface area contributed by atoms with Crippen molar-refractivity contribution < 1.29 is 20.1 Å². The number of halogens is 1. The van der Waals surface area contributed by atoms with E-state index in [1.807, 2.05) is 0 Å². The fourth-order valence-electron chi connectivity index (χ4n) is 0.761. The Kier molecular flexibility index (Phi) is 3.70. The quantitative estimate of drug-likeness (QED) is 0.466. The number of rotatable bonds is 3. The van der Waals surface area contributed by atoms with Crippen molar-refractivity contribution in [3.05, 3.63) is 28.7 Å². The summed E-state index contributed by atoms with van der Waals surface area (Å²) in [6.07, 6.45) is 0. The van der Waals surface area contributed by atoms with Crippen molar-refractivity contribution in [3.8, 4) is 0 Å². The average molecular weight is 233 g/mol. The highest BCUT2D eigenvalue weighted by Crippen LogP contribution is 2.05. The maximum Gasteiger partial charge on any atom is 0.554 e. The van der Waals surface area contributed by atoms with Crippen molar-refractivity contribution in [2.24, 2.45) is 0 Å². The Morgan fingerprint density at radius 2 is 1.58 bits per heavy atom. The maximum atomic E-state index is 8.25. The van der Waals surface area contributed by atoms with Crippen molar-refractivity contribution in [2.75, 3.05) is 0 Å². The zero-order valence-corrected chi connectivity index (χ0v) is 7.56. The summed E-state index contributed by atoms with van der Waals surface area (Å²) in [6, 6.07) is 6.75. The lowest BCUT2D eigenvalue weighted by Crippen LogP contribution is -2.34. The van der Waals surface area contributed by atoms with E-state index >= 15 is 0 Å². The van der Waals surface area contributed by atoms with Gasteiger partial charge in [-0.25, -0.2) is 0 Å². The SMILES string of the molecule is OOB(OO)c1ccc(Br)cc1. The minimum Gasteiger partial charge on any atom is -0.264 e. The minimum atomic E-state index is -1.15. The predicted molar refractivity (Wildman–Crippen MR) is 47.0 cm³/mol. The molecule has 1 rings (SSSR count). The lowest BCUT2D eigenvalue weighted by molar-refractivity contribution is -0.221. The molecule has 4 nitrogen and oxygen atoms in total. The van der Waals surface area contributed by atoms with Gasteiger partial charge >= 0.3 is 7.12 Å². The van der Waals surface area contributed by atoms with Gasteiger partial charge in [-0.2, -0.15) is 0 Å². The van der Waals surface area contributed by atoms with E-state index in [1.54, 1.807) is 24.3 Å². The van der Waals surface area contributed by atoms with E-state index in [1.165, 1.54) is 0 Å². The fourth-order valence-corrected chi connectivity index (χ4v) is 1.03. The Labute approximate surface area is 77.9 Å². The second kappa shape index (κ2) is 4.59. The van der Waals surface area contributed by atoms with E-state index in [2.05, 4.69) is 25.5 Å². The van der Waals surface area contributed by atoms with Crippen LogP contribution in [0.15, 0.2) is 28.7 Å². The monoisotopic (exact) mass is 232 g/mol. The first kappa shape index (κ1) is 9.69. The van der Waals surface area contributed by atoms with Crippen LogP contribution in [-0.2, 0) is 9.61 Å². The van der Waals surface area contributed by atoms with E-state index in [4.69, 9.17) is 10.5 Å². The lowest BCUT2D eigenvalue weighted by atomic mass is 9.80. The van der Waals surface area contributed by atoms with Crippen LogP contribution in [-0.4, -0.2) is 17.6 Å². The van der Waals surface area contributed by atoms with Crippen LogP contribution in [0.1, 0.15) is 0 Å². The van der Waals surface area contributed by atoms with Crippen LogP contribution in [0.25, 0.3) is 0 Å². The summed E-state index contributed by atoms with van der Waals surface area (Å²) in [4.78, 5) is 7.68. The van der Waals surface area contributed by atoms with Crippen LogP contribution < -0.4 is 5.46 Å². The van der Waals surface area contributed by atoms with Gasteiger partial charge in [-0.05, 0) is 17.6 Å². The number of hydrogen-bond donors (Lipinski definition) is 2. The molecular formula is C6H6BBrO4. The van der Waals surface area contributed by atoms with Gasteiger partial charge in [0, 0.05) is 4.47 Å². The van der Waals surface area contributed by atoms with Crippen LogP contribution in [0.4, 0.5) is 0 Å². The Morgan fingerprint density at radius 3 is 2.00 bits per heavy atom. The first-order valence-corrected chi connectivity index (χ1v) is 3.93. The van der Waals surface area contributed by atoms with Crippen LogP contribution in [0.3, 0.4) is 0 Å². The molecule has 0 amide bonds. The molecule has 6 heteroatoms. The van der Waals surface area contributed by atoms with Crippen LogP contribution in [0.2, 0.25) is 0 Å². The molecule has 0 aliphatic rings. The van der Waals surface area contributed by atoms with E-state index < -0.39 is 7.12 Å². The largest absolute Gasteiger partial charge is 0.554 e. The second-order valence-electron chi connectivity index (χ2n) is 2.09. The fraction of sp³-hybridized carbons (Fsp3) is 0. The van der Waals surface area contributed by atoms with Gasteiger partial charge in [-0.15, -0.1) is 0 Å². The smallest absolute Gasteiger partial charge is 0.264 e. The van der Waals surface area contributed by atoms with Gasteiger partial charge in [0.25, 0.3) is 0 Å². The van der Waals surface area contributed by atoms with E-state index in [0.717, 1.165) is 4.47 Å². The predicted octanol–water partition coefficient (Wildman–Crippen LogP) is 1.12. The summed E-state index contributed by atoms with van der Waals surface area (Å²) >= 11 is 3.23. The number of hydrogen-bond acceptors (Lipinski definition) is 4. The summed E-state index contributed by atoms with van der Waals surface area (Å²) in [5.41, 5.74) is 0.517. The van der Waals surface area contributed by atoms with Crippen molar-refractivity contribution >= 4 is 28.5 Å². The zero-order valence-electron chi connectivity index (χ0n) is 5.98. The molecule has 0 atom stereocenters. The lowest BCUT2D eigenvalue weighted by Gasteiger charge is -2.04. The molecule has 2 N–H and O–H groups in total. The Morgan fingerprint density at radius 1 is 1.08 bits per heavy atom. The molecule has 0 aliphatic carbocycles. The van der Waals surface area contributed by atoms with E-state index in [9.17, 15) is 0 Å². The van der Waals surface area contributed by atoms with Gasteiger partial charge in [0.05, 0.1) is 0 Å². The second-order valence-corrected chi connectivity index (χ2v) is 3.01. The molecule has 0 spiro atoms. The molecule has 0 unspecified atom stereocenters. The Hall–Kier alpha value is -0.395. The third-order valence-electron chi connectivity index (χ3n) is 1.33. The highest BCUT2D eigenvalue weighted by Gasteiger charge is 2.21. The summed E-state index contributed by atoms with van der Waals surface area (Å²) in [5.74, 6) is 0.